The van der Waals surface area contributed by atoms with Gasteiger partial charge in [0.05, 0.1) is 0 Å². The molecular weight excluding hydrogens is 158 g/mol. The molecule has 0 bridgehead atoms. The van der Waals surface area contributed by atoms with Gasteiger partial charge in [0.15, 0.2) is 0 Å². The van der Waals surface area contributed by atoms with E-state index in [2.05, 4.69) is 51.8 Å². The van der Waals surface area contributed by atoms with E-state index in [0.717, 1.165) is 6.42 Å². The van der Waals surface area contributed by atoms with Crippen LogP contribution in [0.25, 0.3) is 0 Å². The smallest absolute Gasteiger partial charge is 0.0245 e. The first-order valence-electron chi connectivity index (χ1n) is 5.04. The van der Waals surface area contributed by atoms with Gasteiger partial charge in [-0.3, -0.25) is 0 Å². The lowest BCUT2D eigenvalue weighted by atomic mass is 9.96. The fourth-order valence-electron chi connectivity index (χ4n) is 1.10. The van der Waals surface area contributed by atoms with Crippen LogP contribution in [0.1, 0.15) is 41.0 Å². The second-order valence-electron chi connectivity index (χ2n) is 4.90. The Bertz CT molecular complexity index is 187. The van der Waals surface area contributed by atoms with Crippen LogP contribution < -0.4 is 5.32 Å². The monoisotopic (exact) mass is 181 g/mol. The molecule has 0 spiro atoms. The Balaban J connectivity index is 4.03. The Morgan fingerprint density at radius 2 is 1.77 bits per heavy atom. The molecule has 0 aliphatic rings. The first kappa shape index (κ1) is 12.5. The highest BCUT2D eigenvalue weighted by atomic mass is 14.9. The van der Waals surface area contributed by atoms with Crippen molar-refractivity contribution in [2.24, 2.45) is 11.3 Å². The lowest BCUT2D eigenvalue weighted by molar-refractivity contribution is 0.434. The van der Waals surface area contributed by atoms with Crippen LogP contribution in [0.4, 0.5) is 0 Å². The Morgan fingerprint density at radius 3 is 2.08 bits per heavy atom. The van der Waals surface area contributed by atoms with Crippen LogP contribution in [0.5, 0.6) is 0 Å². The van der Waals surface area contributed by atoms with E-state index in [4.69, 9.17) is 0 Å². The molecule has 0 amide bonds. The fraction of sp³-hybridized carbons (Fsp3) is 0.833. The third-order valence-corrected chi connectivity index (χ3v) is 1.96. The predicted molar refractivity (Wildman–Crippen MR) is 59.5 cm³/mol. The molecule has 0 saturated carbocycles. The number of rotatable bonds is 3. The van der Waals surface area contributed by atoms with E-state index in [-0.39, 0.29) is 5.41 Å². The van der Waals surface area contributed by atoms with Gasteiger partial charge in [0.2, 0.25) is 0 Å². The summed E-state index contributed by atoms with van der Waals surface area (Å²) < 4.78 is 0. The normalized spacial score (nSPS) is 13.8. The predicted octanol–water partition coefficient (Wildman–Crippen LogP) is 2.67. The third-order valence-electron chi connectivity index (χ3n) is 1.96. The van der Waals surface area contributed by atoms with Crippen molar-refractivity contribution in [1.29, 1.82) is 0 Å². The molecule has 0 radical (unpaired) electrons. The second kappa shape index (κ2) is 5.29. The van der Waals surface area contributed by atoms with Gasteiger partial charge in [0.1, 0.15) is 0 Å². The van der Waals surface area contributed by atoms with Gasteiger partial charge in [-0.2, -0.15) is 0 Å². The zero-order valence-corrected chi connectivity index (χ0v) is 9.86. The molecule has 0 aromatic carbocycles. The summed E-state index contributed by atoms with van der Waals surface area (Å²) in [5, 5.41) is 3.29. The molecule has 1 heteroatoms. The molecule has 0 rings (SSSR count). The molecule has 0 fully saturated rings. The van der Waals surface area contributed by atoms with Crippen LogP contribution in [0.2, 0.25) is 0 Å². The molecule has 0 aliphatic heterocycles. The van der Waals surface area contributed by atoms with E-state index in [1.54, 1.807) is 0 Å². The lowest BCUT2D eigenvalue weighted by Gasteiger charge is -2.17. The summed E-state index contributed by atoms with van der Waals surface area (Å²) in [7, 11) is 2.00. The Kier molecular flexibility index (Phi) is 5.10. The van der Waals surface area contributed by atoms with Gasteiger partial charge in [-0.1, -0.05) is 19.8 Å². The summed E-state index contributed by atoms with van der Waals surface area (Å²) in [5.41, 5.74) is 0.134. The minimum atomic E-state index is 0.134. The van der Waals surface area contributed by atoms with Crippen LogP contribution >= 0.6 is 0 Å². The Morgan fingerprint density at radius 1 is 1.23 bits per heavy atom. The highest BCUT2D eigenvalue weighted by Gasteiger charge is 2.09. The van der Waals surface area contributed by atoms with E-state index in [1.165, 1.54) is 0 Å². The average molecular weight is 181 g/mol. The summed E-state index contributed by atoms with van der Waals surface area (Å²) in [5.74, 6) is 7.15. The zero-order chi connectivity index (χ0) is 10.5. The number of hydrogen-bond donors (Lipinski definition) is 1. The highest BCUT2D eigenvalue weighted by molar-refractivity contribution is 5.08. The van der Waals surface area contributed by atoms with Gasteiger partial charge >= 0.3 is 0 Å². The standard InChI is InChI=1S/C12H23N/c1-10(2)11(13-6)8-7-9-12(3,4)5/h10-11,13H,8H2,1-6H3. The van der Waals surface area contributed by atoms with E-state index in [0.29, 0.717) is 12.0 Å². The van der Waals surface area contributed by atoms with E-state index >= 15 is 0 Å². The van der Waals surface area contributed by atoms with Crippen LogP contribution in [-0.4, -0.2) is 13.1 Å². The lowest BCUT2D eigenvalue weighted by Crippen LogP contribution is -2.30. The van der Waals surface area contributed by atoms with E-state index in [1.807, 2.05) is 7.05 Å². The van der Waals surface area contributed by atoms with Gasteiger partial charge in [-0.25, -0.2) is 0 Å². The quantitative estimate of drug-likeness (QED) is 0.660. The largest absolute Gasteiger partial charge is 0.316 e. The molecule has 0 heterocycles. The van der Waals surface area contributed by atoms with Gasteiger partial charge in [0.25, 0.3) is 0 Å². The maximum Gasteiger partial charge on any atom is 0.0245 e. The number of nitrogens with one attached hydrogen (secondary N) is 1. The molecule has 1 unspecified atom stereocenters. The van der Waals surface area contributed by atoms with Crippen LogP contribution in [0.15, 0.2) is 0 Å². The molecule has 0 aliphatic carbocycles. The van der Waals surface area contributed by atoms with Crippen molar-refractivity contribution in [1.82, 2.24) is 5.32 Å². The fourth-order valence-corrected chi connectivity index (χ4v) is 1.10. The first-order chi connectivity index (χ1) is 5.87. The SMILES string of the molecule is CNC(CC#CC(C)(C)C)C(C)C. The van der Waals surface area contributed by atoms with Crippen molar-refractivity contribution in [3.8, 4) is 11.8 Å². The Hall–Kier alpha value is -0.480. The summed E-state index contributed by atoms with van der Waals surface area (Å²) >= 11 is 0. The van der Waals surface area contributed by atoms with Crippen LogP contribution in [0, 0.1) is 23.2 Å². The number of hydrogen-bond acceptors (Lipinski definition) is 1. The molecular formula is C12H23N. The molecule has 0 aromatic heterocycles. The maximum atomic E-state index is 3.29. The van der Waals surface area contributed by atoms with Crippen molar-refractivity contribution in [2.75, 3.05) is 7.05 Å². The van der Waals surface area contributed by atoms with Crippen molar-refractivity contribution >= 4 is 0 Å². The van der Waals surface area contributed by atoms with Gasteiger partial charge in [-0.05, 0) is 33.7 Å². The summed E-state index contributed by atoms with van der Waals surface area (Å²) in [6.07, 6.45) is 0.950. The summed E-state index contributed by atoms with van der Waals surface area (Å²) in [4.78, 5) is 0. The third kappa shape index (κ3) is 6.66. The first-order valence-corrected chi connectivity index (χ1v) is 5.04. The molecule has 13 heavy (non-hydrogen) atoms. The van der Waals surface area contributed by atoms with Gasteiger partial charge in [-0.15, -0.1) is 5.92 Å². The molecule has 0 saturated heterocycles. The second-order valence-corrected chi connectivity index (χ2v) is 4.90. The highest BCUT2D eigenvalue weighted by Crippen LogP contribution is 2.11. The van der Waals surface area contributed by atoms with Crippen molar-refractivity contribution in [2.45, 2.75) is 47.1 Å². The van der Waals surface area contributed by atoms with Crippen molar-refractivity contribution in [3.05, 3.63) is 0 Å². The maximum absolute atomic E-state index is 3.29. The molecule has 1 atom stereocenters. The summed E-state index contributed by atoms with van der Waals surface area (Å²) in [6, 6.07) is 0.523. The van der Waals surface area contributed by atoms with Gasteiger partial charge in [0, 0.05) is 17.9 Å². The molecule has 1 nitrogen and oxygen atoms in total. The molecule has 76 valence electrons. The molecule has 0 aromatic rings. The van der Waals surface area contributed by atoms with Crippen LogP contribution in [0.3, 0.4) is 0 Å². The van der Waals surface area contributed by atoms with E-state index in [9.17, 15) is 0 Å². The van der Waals surface area contributed by atoms with E-state index < -0.39 is 0 Å². The average Bonchev–Trinajstić information content (AvgIpc) is 1.95. The summed E-state index contributed by atoms with van der Waals surface area (Å²) in [6.45, 7) is 10.9. The zero-order valence-electron chi connectivity index (χ0n) is 9.86. The van der Waals surface area contributed by atoms with Gasteiger partial charge < -0.3 is 5.32 Å². The Labute approximate surface area is 83.3 Å². The molecule has 1 N–H and O–H groups in total. The van der Waals surface area contributed by atoms with Crippen molar-refractivity contribution < 1.29 is 0 Å². The minimum Gasteiger partial charge on any atom is -0.316 e. The topological polar surface area (TPSA) is 12.0 Å². The van der Waals surface area contributed by atoms with Crippen molar-refractivity contribution in [3.63, 3.8) is 0 Å². The van der Waals surface area contributed by atoms with Crippen LogP contribution in [-0.2, 0) is 0 Å². The minimum absolute atomic E-state index is 0.134.